The molecule has 0 heterocycles. The first-order chi connectivity index (χ1) is 6.31. The van der Waals surface area contributed by atoms with Crippen LogP contribution in [-0.4, -0.2) is 26.0 Å². The second-order valence-corrected chi connectivity index (χ2v) is 3.22. The van der Waals surface area contributed by atoms with E-state index in [4.69, 9.17) is 0 Å². The molecule has 13 heavy (non-hydrogen) atoms. The van der Waals surface area contributed by atoms with Gasteiger partial charge in [-0.05, 0) is 26.4 Å². The maximum Gasteiger partial charge on any atom is 0.219 e. The maximum absolute atomic E-state index is 10.8. The summed E-state index contributed by atoms with van der Waals surface area (Å²) in [4.78, 5) is 10.8. The molecule has 3 heteroatoms. The predicted molar refractivity (Wildman–Crippen MR) is 55.7 cm³/mol. The molecule has 3 nitrogen and oxygen atoms in total. The average molecular weight is 186 g/mol. The summed E-state index contributed by atoms with van der Waals surface area (Å²) in [5.41, 5.74) is 0. The van der Waals surface area contributed by atoms with Gasteiger partial charge in [0.25, 0.3) is 0 Å². The Morgan fingerprint density at radius 2 is 1.69 bits per heavy atom. The number of carbonyl (C=O) groups is 1. The highest BCUT2D eigenvalue weighted by molar-refractivity contribution is 5.75. The molecule has 0 fully saturated rings. The van der Waals surface area contributed by atoms with Crippen molar-refractivity contribution in [2.24, 2.45) is 0 Å². The van der Waals surface area contributed by atoms with Gasteiger partial charge in [0.05, 0.1) is 0 Å². The number of carbonyl (C=O) groups excluding carboxylic acids is 1. The fraction of sp³-hybridized carbons (Fsp3) is 0.900. The van der Waals surface area contributed by atoms with Crippen LogP contribution in [0.25, 0.3) is 0 Å². The van der Waals surface area contributed by atoms with Crippen LogP contribution in [-0.2, 0) is 4.79 Å². The van der Waals surface area contributed by atoms with Crippen molar-refractivity contribution in [2.45, 2.75) is 39.0 Å². The van der Waals surface area contributed by atoms with Crippen LogP contribution in [0.15, 0.2) is 0 Å². The highest BCUT2D eigenvalue weighted by Gasteiger charge is 1.94. The van der Waals surface area contributed by atoms with Crippen LogP contribution in [0.2, 0.25) is 0 Å². The van der Waals surface area contributed by atoms with Crippen LogP contribution in [0.3, 0.4) is 0 Å². The summed E-state index contributed by atoms with van der Waals surface area (Å²) in [5.74, 6) is 0.162. The zero-order valence-electron chi connectivity index (χ0n) is 8.86. The molecule has 0 aromatic carbocycles. The van der Waals surface area contributed by atoms with Crippen molar-refractivity contribution in [3.63, 3.8) is 0 Å². The Bertz CT molecular complexity index is 126. The molecule has 0 radical (unpaired) electrons. The highest BCUT2D eigenvalue weighted by atomic mass is 16.1. The van der Waals surface area contributed by atoms with Crippen LogP contribution in [0, 0.1) is 0 Å². The van der Waals surface area contributed by atoms with Crippen LogP contribution >= 0.6 is 0 Å². The second-order valence-electron chi connectivity index (χ2n) is 3.22. The van der Waals surface area contributed by atoms with Crippen LogP contribution < -0.4 is 10.6 Å². The molecule has 0 spiro atoms. The Morgan fingerprint density at radius 3 is 2.23 bits per heavy atom. The van der Waals surface area contributed by atoms with E-state index in [0.717, 1.165) is 19.5 Å². The number of amides is 1. The summed E-state index contributed by atoms with van der Waals surface area (Å²) in [6, 6.07) is 0. The van der Waals surface area contributed by atoms with Crippen molar-refractivity contribution in [1.29, 1.82) is 0 Å². The van der Waals surface area contributed by atoms with E-state index in [0.29, 0.717) is 6.42 Å². The van der Waals surface area contributed by atoms with Crippen molar-refractivity contribution < 1.29 is 4.79 Å². The Kier molecular flexibility index (Phi) is 9.10. The minimum Gasteiger partial charge on any atom is -0.356 e. The second kappa shape index (κ2) is 9.52. The molecule has 0 aliphatic rings. The van der Waals surface area contributed by atoms with E-state index in [-0.39, 0.29) is 5.91 Å². The first-order valence-corrected chi connectivity index (χ1v) is 5.22. The Hall–Kier alpha value is -0.570. The molecule has 0 saturated carbocycles. The van der Waals surface area contributed by atoms with Gasteiger partial charge in [-0.15, -0.1) is 0 Å². The summed E-state index contributed by atoms with van der Waals surface area (Å²) in [7, 11) is 1.97. The van der Waals surface area contributed by atoms with Gasteiger partial charge in [-0.2, -0.15) is 0 Å². The van der Waals surface area contributed by atoms with Crippen LogP contribution in [0.5, 0.6) is 0 Å². The van der Waals surface area contributed by atoms with E-state index in [1.54, 1.807) is 0 Å². The number of hydrogen-bond acceptors (Lipinski definition) is 2. The largest absolute Gasteiger partial charge is 0.356 e. The number of hydrogen-bond donors (Lipinski definition) is 2. The molecule has 0 atom stereocenters. The summed E-state index contributed by atoms with van der Waals surface area (Å²) < 4.78 is 0. The number of unbranched alkanes of at least 4 members (excludes halogenated alkanes) is 3. The van der Waals surface area contributed by atoms with Crippen molar-refractivity contribution in [3.8, 4) is 0 Å². The summed E-state index contributed by atoms with van der Waals surface area (Å²) in [6.45, 7) is 3.82. The molecule has 0 aromatic heterocycles. The van der Waals surface area contributed by atoms with Crippen molar-refractivity contribution in [2.75, 3.05) is 20.1 Å². The quantitative estimate of drug-likeness (QED) is 0.561. The van der Waals surface area contributed by atoms with Gasteiger partial charge in [0.2, 0.25) is 5.91 Å². The smallest absolute Gasteiger partial charge is 0.219 e. The number of nitrogens with one attached hydrogen (secondary N) is 2. The highest BCUT2D eigenvalue weighted by Crippen LogP contribution is 1.97. The monoisotopic (exact) mass is 186 g/mol. The summed E-state index contributed by atoms with van der Waals surface area (Å²) in [5, 5.41) is 5.98. The van der Waals surface area contributed by atoms with Crippen molar-refractivity contribution in [1.82, 2.24) is 10.6 Å². The van der Waals surface area contributed by atoms with E-state index >= 15 is 0 Å². The van der Waals surface area contributed by atoms with Crippen molar-refractivity contribution >= 4 is 5.91 Å². The lowest BCUT2D eigenvalue weighted by molar-refractivity contribution is -0.120. The van der Waals surface area contributed by atoms with E-state index in [1.807, 2.05) is 14.0 Å². The molecule has 2 N–H and O–H groups in total. The fourth-order valence-corrected chi connectivity index (χ4v) is 1.13. The molecule has 0 saturated heterocycles. The third-order valence-corrected chi connectivity index (χ3v) is 2.00. The molecule has 78 valence electrons. The van der Waals surface area contributed by atoms with Gasteiger partial charge >= 0.3 is 0 Å². The van der Waals surface area contributed by atoms with E-state index in [9.17, 15) is 4.79 Å². The van der Waals surface area contributed by atoms with Gasteiger partial charge in [0, 0.05) is 13.0 Å². The molecular formula is C10H22N2O. The maximum atomic E-state index is 10.8. The van der Waals surface area contributed by atoms with Gasteiger partial charge in [0.15, 0.2) is 0 Å². The topological polar surface area (TPSA) is 41.1 Å². The molecule has 0 unspecified atom stereocenters. The summed E-state index contributed by atoms with van der Waals surface area (Å²) in [6.07, 6.45) is 5.40. The molecule has 0 aromatic rings. The van der Waals surface area contributed by atoms with Gasteiger partial charge in [-0.1, -0.05) is 19.8 Å². The lowest BCUT2D eigenvalue weighted by Gasteiger charge is -2.03. The van der Waals surface area contributed by atoms with Gasteiger partial charge in [-0.3, -0.25) is 4.79 Å². The molecule has 0 aliphatic heterocycles. The zero-order chi connectivity index (χ0) is 9.94. The number of rotatable bonds is 8. The molecule has 0 aliphatic carbocycles. The lowest BCUT2D eigenvalue weighted by Crippen LogP contribution is -2.23. The molecule has 1 amide bonds. The molecular weight excluding hydrogens is 164 g/mol. The first-order valence-electron chi connectivity index (χ1n) is 5.22. The third-order valence-electron chi connectivity index (χ3n) is 2.00. The fourth-order valence-electron chi connectivity index (χ4n) is 1.13. The average Bonchev–Trinajstić information content (AvgIpc) is 2.16. The van der Waals surface area contributed by atoms with Crippen LogP contribution in [0.4, 0.5) is 0 Å². The lowest BCUT2D eigenvalue weighted by atomic mass is 10.2. The third kappa shape index (κ3) is 9.34. The van der Waals surface area contributed by atoms with E-state index in [1.165, 1.54) is 19.3 Å². The SMILES string of the molecule is CCC(=O)NCCCCCCNC. The van der Waals surface area contributed by atoms with Gasteiger partial charge < -0.3 is 10.6 Å². The van der Waals surface area contributed by atoms with Gasteiger partial charge in [0.1, 0.15) is 0 Å². The Balaban J connectivity index is 2.95. The normalized spacial score (nSPS) is 10.0. The standard InChI is InChI=1S/C10H22N2O/c1-3-10(13)12-9-7-5-4-6-8-11-2/h11H,3-9H2,1-2H3,(H,12,13). The Morgan fingerprint density at radius 1 is 1.08 bits per heavy atom. The molecule has 0 bridgehead atoms. The van der Waals surface area contributed by atoms with E-state index in [2.05, 4.69) is 10.6 Å². The van der Waals surface area contributed by atoms with Gasteiger partial charge in [-0.25, -0.2) is 0 Å². The zero-order valence-corrected chi connectivity index (χ0v) is 8.86. The van der Waals surface area contributed by atoms with E-state index < -0.39 is 0 Å². The minimum atomic E-state index is 0.162. The minimum absolute atomic E-state index is 0.162. The first kappa shape index (κ1) is 12.4. The van der Waals surface area contributed by atoms with Crippen molar-refractivity contribution in [3.05, 3.63) is 0 Å². The summed E-state index contributed by atoms with van der Waals surface area (Å²) >= 11 is 0. The molecule has 0 rings (SSSR count). The van der Waals surface area contributed by atoms with Crippen LogP contribution in [0.1, 0.15) is 39.0 Å². The Labute approximate surface area is 81.3 Å². The predicted octanol–water partition coefficient (Wildman–Crippen LogP) is 1.29.